The molecule has 0 aromatic heterocycles. The van der Waals surface area contributed by atoms with Crippen LogP contribution in [0.15, 0.2) is 0 Å². The zero-order valence-electron chi connectivity index (χ0n) is 39.3. The van der Waals surface area contributed by atoms with Gasteiger partial charge in [-0.05, 0) is 43.9 Å². The molecule has 0 aliphatic rings. The minimum Gasteiger partial charge on any atom is -0.481 e. The molecule has 0 aliphatic carbocycles. The molecular weight excluding hydrogens is 873 g/mol. The Bertz CT molecular complexity index is 1710. The maximum atomic E-state index is 13.2. The first kappa shape index (κ1) is 60.1. The van der Waals surface area contributed by atoms with Gasteiger partial charge in [0.1, 0.15) is 36.3 Å². The SMILES string of the molecule is CC[C@H](C)[C@H](NC(=O)[C@@H](NC(=O)[C@H](CO)NC(=O)[C@H](CNC(=O)[C@@H](NC(=O)CNC(=O)[C@@H](NC(=O)CNC(=O)[C@H](CC(C)C)NC(=O)[C@H](C)N)[C@@H](C)CC)[C@@H](C)O)C(=O)O)C(C)C)C(=O)O. The molecule has 25 heteroatoms. The van der Waals surface area contributed by atoms with Crippen molar-refractivity contribution in [1.82, 2.24) is 47.9 Å². The van der Waals surface area contributed by atoms with E-state index in [2.05, 4.69) is 42.5 Å². The van der Waals surface area contributed by atoms with E-state index < -0.39 is 163 Å². The minimum atomic E-state index is -2.10. The van der Waals surface area contributed by atoms with Crippen LogP contribution in [0, 0.1) is 29.6 Å². The summed E-state index contributed by atoms with van der Waals surface area (Å²) in [6, 6.07) is -9.26. The lowest BCUT2D eigenvalue weighted by atomic mass is 9.97. The molecule has 25 nitrogen and oxygen atoms in total. The fourth-order valence-electron chi connectivity index (χ4n) is 5.92. The lowest BCUT2D eigenvalue weighted by molar-refractivity contribution is -0.148. The molecular formula is C41H72N10O15. The Kier molecular flexibility index (Phi) is 26.9. The number of nitrogens with one attached hydrogen (secondary N) is 9. The molecule has 0 fully saturated rings. The molecule has 0 aromatic carbocycles. The summed E-state index contributed by atoms with van der Waals surface area (Å²) in [5.41, 5.74) is 5.60. The van der Waals surface area contributed by atoms with Gasteiger partial charge in [0.25, 0.3) is 0 Å². The summed E-state index contributed by atoms with van der Waals surface area (Å²) in [4.78, 5) is 140. The van der Waals surface area contributed by atoms with Crippen LogP contribution in [0.5, 0.6) is 0 Å². The molecule has 11 atom stereocenters. The van der Waals surface area contributed by atoms with E-state index in [1.54, 1.807) is 27.7 Å². The van der Waals surface area contributed by atoms with Crippen LogP contribution in [0.1, 0.15) is 88.5 Å². The fraction of sp³-hybridized carbons (Fsp3) is 0.732. The van der Waals surface area contributed by atoms with Crippen molar-refractivity contribution in [2.24, 2.45) is 35.3 Å². The number of amides is 9. The van der Waals surface area contributed by atoms with E-state index in [1.807, 2.05) is 19.2 Å². The highest BCUT2D eigenvalue weighted by Gasteiger charge is 2.36. The number of hydrogen-bond acceptors (Lipinski definition) is 14. The Labute approximate surface area is 384 Å². The largest absolute Gasteiger partial charge is 0.481 e. The molecule has 376 valence electrons. The lowest BCUT2D eigenvalue weighted by Gasteiger charge is -2.28. The van der Waals surface area contributed by atoms with Gasteiger partial charge in [-0.1, -0.05) is 68.2 Å². The average Bonchev–Trinajstić information content (AvgIpc) is 3.23. The van der Waals surface area contributed by atoms with Gasteiger partial charge in [-0.15, -0.1) is 0 Å². The van der Waals surface area contributed by atoms with Crippen molar-refractivity contribution in [2.75, 3.05) is 26.2 Å². The van der Waals surface area contributed by atoms with Gasteiger partial charge in [0.15, 0.2) is 5.92 Å². The van der Waals surface area contributed by atoms with Crippen LogP contribution >= 0.6 is 0 Å². The van der Waals surface area contributed by atoms with Gasteiger partial charge in [0.2, 0.25) is 53.2 Å². The molecule has 0 saturated carbocycles. The Morgan fingerprint density at radius 1 is 0.500 bits per heavy atom. The molecule has 0 saturated heterocycles. The lowest BCUT2D eigenvalue weighted by Crippen LogP contribution is -2.60. The highest BCUT2D eigenvalue weighted by molar-refractivity contribution is 6.01. The second kappa shape index (κ2) is 29.6. The number of nitrogens with two attached hydrogens (primary N) is 1. The summed E-state index contributed by atoms with van der Waals surface area (Å²) < 4.78 is 0. The predicted octanol–water partition coefficient (Wildman–Crippen LogP) is -4.46. The Morgan fingerprint density at radius 2 is 0.970 bits per heavy atom. The Morgan fingerprint density at radius 3 is 1.41 bits per heavy atom. The molecule has 0 heterocycles. The first-order valence-corrected chi connectivity index (χ1v) is 21.8. The number of carbonyl (C=O) groups is 11. The van der Waals surface area contributed by atoms with E-state index in [9.17, 15) is 73.2 Å². The van der Waals surface area contributed by atoms with Crippen LogP contribution in [0.4, 0.5) is 0 Å². The molecule has 9 amide bonds. The van der Waals surface area contributed by atoms with Gasteiger partial charge in [-0.3, -0.25) is 47.9 Å². The number of aliphatic hydroxyl groups excluding tert-OH is 2. The standard InChI is InChI=1S/C41H72N10O15/c1-11-20(7)30(48-27(54)15-44-35(58)25(13-18(3)4)46-33(56)22(9)42)37(60)45-16-28(55)49-32(23(10)53)38(61)43-14-24(40(63)64)34(57)47-26(17-52)36(59)50-29(19(5)6)39(62)51-31(41(65)66)21(8)12-2/h18-26,29-32,52-53H,11-17,42H2,1-10H3,(H,43,61)(H,44,58)(H,45,60)(H,46,56)(H,47,57)(H,48,54)(H,49,55)(H,50,59)(H,51,62)(H,63,64)(H,65,66)/t20-,21-,22-,23+,24-,25-,26-,29-,30-,31-,32-/m0/s1. The van der Waals surface area contributed by atoms with Crippen molar-refractivity contribution in [3.05, 3.63) is 0 Å². The summed E-state index contributed by atoms with van der Waals surface area (Å²) in [6.07, 6.45) is -0.567. The fourth-order valence-corrected chi connectivity index (χ4v) is 5.92. The molecule has 0 aliphatic heterocycles. The third-order valence-corrected chi connectivity index (χ3v) is 10.4. The van der Waals surface area contributed by atoms with Crippen LogP contribution in [-0.2, 0) is 52.7 Å². The van der Waals surface area contributed by atoms with E-state index in [0.29, 0.717) is 12.8 Å². The van der Waals surface area contributed by atoms with Crippen molar-refractivity contribution in [3.8, 4) is 0 Å². The van der Waals surface area contributed by atoms with Crippen LogP contribution in [0.2, 0.25) is 0 Å². The van der Waals surface area contributed by atoms with Crippen molar-refractivity contribution in [1.29, 1.82) is 0 Å². The second-order valence-electron chi connectivity index (χ2n) is 17.0. The van der Waals surface area contributed by atoms with Crippen LogP contribution in [-0.4, -0.2) is 160 Å². The molecule has 0 aromatic rings. The minimum absolute atomic E-state index is 0.00565. The predicted molar refractivity (Wildman–Crippen MR) is 235 cm³/mol. The van der Waals surface area contributed by atoms with Gasteiger partial charge in [-0.2, -0.15) is 0 Å². The average molecular weight is 945 g/mol. The van der Waals surface area contributed by atoms with Gasteiger partial charge in [-0.25, -0.2) is 4.79 Å². The summed E-state index contributed by atoms with van der Waals surface area (Å²) in [6.45, 7) is 12.6. The van der Waals surface area contributed by atoms with Gasteiger partial charge >= 0.3 is 11.9 Å². The second-order valence-corrected chi connectivity index (χ2v) is 17.0. The Balaban J connectivity index is 5.64. The highest BCUT2D eigenvalue weighted by atomic mass is 16.4. The van der Waals surface area contributed by atoms with Gasteiger partial charge < -0.3 is 74.0 Å². The normalized spacial score (nSPS) is 16.2. The molecule has 0 unspecified atom stereocenters. The highest BCUT2D eigenvalue weighted by Crippen LogP contribution is 2.12. The maximum Gasteiger partial charge on any atom is 0.326 e. The molecule has 15 N–H and O–H groups in total. The van der Waals surface area contributed by atoms with E-state index in [0.717, 1.165) is 6.92 Å². The summed E-state index contributed by atoms with van der Waals surface area (Å²) in [7, 11) is 0. The molecule has 0 rings (SSSR count). The number of rotatable bonds is 30. The van der Waals surface area contributed by atoms with Crippen LogP contribution < -0.4 is 53.6 Å². The number of carboxylic acid groups (broad SMARTS) is 2. The van der Waals surface area contributed by atoms with Gasteiger partial charge in [0, 0.05) is 6.54 Å². The van der Waals surface area contributed by atoms with Crippen molar-refractivity contribution < 1.29 is 73.2 Å². The summed E-state index contributed by atoms with van der Waals surface area (Å²) in [5, 5.41) is 60.4. The Hall–Kier alpha value is -5.95. The molecule has 0 spiro atoms. The number of hydrogen-bond donors (Lipinski definition) is 14. The van der Waals surface area contributed by atoms with E-state index in [1.165, 1.54) is 20.8 Å². The van der Waals surface area contributed by atoms with Crippen LogP contribution in [0.25, 0.3) is 0 Å². The number of aliphatic hydroxyl groups is 2. The topological polar surface area (TPSA) is 403 Å². The third kappa shape index (κ3) is 20.9. The zero-order valence-corrected chi connectivity index (χ0v) is 39.3. The van der Waals surface area contributed by atoms with Crippen molar-refractivity contribution in [2.45, 2.75) is 137 Å². The van der Waals surface area contributed by atoms with Crippen molar-refractivity contribution in [3.63, 3.8) is 0 Å². The molecule has 0 radical (unpaired) electrons. The van der Waals surface area contributed by atoms with Gasteiger partial charge in [0.05, 0.1) is 31.8 Å². The maximum absolute atomic E-state index is 13.2. The quantitative estimate of drug-likeness (QED) is 0.0302. The first-order chi connectivity index (χ1) is 30.6. The first-order valence-electron chi connectivity index (χ1n) is 21.8. The molecule has 0 bridgehead atoms. The zero-order chi connectivity index (χ0) is 51.2. The number of carboxylic acids is 2. The monoisotopic (exact) mass is 945 g/mol. The van der Waals surface area contributed by atoms with Crippen molar-refractivity contribution >= 4 is 65.1 Å². The number of carbonyl (C=O) groups excluding carboxylic acids is 9. The van der Waals surface area contributed by atoms with E-state index >= 15 is 0 Å². The summed E-state index contributed by atoms with van der Waals surface area (Å²) >= 11 is 0. The number of aliphatic carboxylic acids is 2. The molecule has 66 heavy (non-hydrogen) atoms. The smallest absolute Gasteiger partial charge is 0.326 e. The van der Waals surface area contributed by atoms with E-state index in [4.69, 9.17) is 5.73 Å². The van der Waals surface area contributed by atoms with Crippen LogP contribution in [0.3, 0.4) is 0 Å². The summed E-state index contributed by atoms with van der Waals surface area (Å²) in [5.74, 6) is -15.1. The van der Waals surface area contributed by atoms with E-state index in [-0.39, 0.29) is 12.3 Å². The third-order valence-electron chi connectivity index (χ3n) is 10.4.